The topological polar surface area (TPSA) is 79.2 Å². The molecule has 1 amide bonds. The van der Waals surface area contributed by atoms with Gasteiger partial charge in [0.25, 0.3) is 5.91 Å². The maximum Gasteiger partial charge on any atom is 0.274 e. The maximum atomic E-state index is 11.4. The van der Waals surface area contributed by atoms with Crippen LogP contribution in [-0.2, 0) is 7.05 Å². The summed E-state index contributed by atoms with van der Waals surface area (Å²) in [7, 11) is 1.90. The Labute approximate surface area is 121 Å². The van der Waals surface area contributed by atoms with Crippen LogP contribution < -0.4 is 10.8 Å². The lowest BCUT2D eigenvalue weighted by molar-refractivity contribution is 0.0706. The highest BCUT2D eigenvalue weighted by atomic mass is 16.5. The van der Waals surface area contributed by atoms with Crippen molar-refractivity contribution in [3.63, 3.8) is 0 Å². The fourth-order valence-electron chi connectivity index (χ4n) is 2.17. The van der Waals surface area contributed by atoms with E-state index in [9.17, 15) is 4.79 Å². The molecule has 3 rings (SSSR count). The SMILES string of the molecule is Cn1c(Nc2ccccc2)nc2cc(C(=O)NO)ccc21. The van der Waals surface area contributed by atoms with E-state index < -0.39 is 5.91 Å². The zero-order valence-corrected chi connectivity index (χ0v) is 11.4. The molecule has 0 aliphatic heterocycles. The smallest absolute Gasteiger partial charge is 0.274 e. The van der Waals surface area contributed by atoms with E-state index in [1.54, 1.807) is 23.7 Å². The number of fused-ring (bicyclic) bond motifs is 1. The molecule has 0 radical (unpaired) electrons. The number of carbonyl (C=O) groups is 1. The van der Waals surface area contributed by atoms with Gasteiger partial charge in [-0.1, -0.05) is 18.2 Å². The molecule has 2 aromatic carbocycles. The van der Waals surface area contributed by atoms with Crippen molar-refractivity contribution in [2.24, 2.45) is 7.05 Å². The Bertz CT molecular complexity index is 796. The lowest BCUT2D eigenvalue weighted by Gasteiger charge is -2.05. The van der Waals surface area contributed by atoms with Crippen LogP contribution in [0.2, 0.25) is 0 Å². The van der Waals surface area contributed by atoms with Crippen molar-refractivity contribution in [3.8, 4) is 0 Å². The van der Waals surface area contributed by atoms with E-state index in [1.165, 1.54) is 0 Å². The molecular formula is C15H14N4O2. The summed E-state index contributed by atoms with van der Waals surface area (Å²) >= 11 is 0. The molecule has 0 aliphatic rings. The number of hydrogen-bond donors (Lipinski definition) is 3. The average molecular weight is 282 g/mol. The van der Waals surface area contributed by atoms with E-state index in [-0.39, 0.29) is 0 Å². The molecule has 0 unspecified atom stereocenters. The van der Waals surface area contributed by atoms with E-state index in [2.05, 4.69) is 10.3 Å². The normalized spacial score (nSPS) is 10.6. The summed E-state index contributed by atoms with van der Waals surface area (Å²) in [6, 6.07) is 14.8. The summed E-state index contributed by atoms with van der Waals surface area (Å²) in [5.74, 6) is 0.123. The number of nitrogens with one attached hydrogen (secondary N) is 2. The number of hydrogen-bond acceptors (Lipinski definition) is 4. The van der Waals surface area contributed by atoms with Gasteiger partial charge in [-0.25, -0.2) is 10.5 Å². The lowest BCUT2D eigenvalue weighted by atomic mass is 10.2. The second-order valence-corrected chi connectivity index (χ2v) is 4.63. The highest BCUT2D eigenvalue weighted by Gasteiger charge is 2.11. The summed E-state index contributed by atoms with van der Waals surface area (Å²) in [6.45, 7) is 0. The Morgan fingerprint density at radius 2 is 1.95 bits per heavy atom. The molecular weight excluding hydrogens is 268 g/mol. The number of carbonyl (C=O) groups excluding carboxylic acids is 1. The molecule has 106 valence electrons. The third-order valence-electron chi connectivity index (χ3n) is 3.27. The zero-order chi connectivity index (χ0) is 14.8. The van der Waals surface area contributed by atoms with Gasteiger partial charge in [-0.15, -0.1) is 0 Å². The van der Waals surface area contributed by atoms with E-state index in [1.807, 2.05) is 41.9 Å². The molecule has 0 bridgehead atoms. The van der Waals surface area contributed by atoms with Crippen LogP contribution in [0.4, 0.5) is 11.6 Å². The number of benzene rings is 2. The minimum atomic E-state index is -0.555. The molecule has 6 nitrogen and oxygen atoms in total. The van der Waals surface area contributed by atoms with Gasteiger partial charge in [0.05, 0.1) is 11.0 Å². The minimum absolute atomic E-state index is 0.356. The van der Waals surface area contributed by atoms with Gasteiger partial charge >= 0.3 is 0 Å². The van der Waals surface area contributed by atoms with E-state index in [0.717, 1.165) is 11.2 Å². The number of amides is 1. The Morgan fingerprint density at radius 3 is 2.67 bits per heavy atom. The van der Waals surface area contributed by atoms with Gasteiger partial charge in [0, 0.05) is 18.3 Å². The zero-order valence-electron chi connectivity index (χ0n) is 11.4. The Kier molecular flexibility index (Phi) is 3.29. The monoisotopic (exact) mass is 282 g/mol. The van der Waals surface area contributed by atoms with E-state index in [4.69, 9.17) is 5.21 Å². The van der Waals surface area contributed by atoms with Crippen molar-refractivity contribution in [2.75, 3.05) is 5.32 Å². The molecule has 3 aromatic rings. The summed E-state index contributed by atoms with van der Waals surface area (Å²) in [5.41, 5.74) is 4.48. The number of anilines is 2. The first kappa shape index (κ1) is 13.1. The van der Waals surface area contributed by atoms with Crippen LogP contribution in [0, 0.1) is 0 Å². The van der Waals surface area contributed by atoms with Crippen molar-refractivity contribution in [2.45, 2.75) is 0 Å². The molecule has 1 aromatic heterocycles. The summed E-state index contributed by atoms with van der Waals surface area (Å²) in [6.07, 6.45) is 0. The highest BCUT2D eigenvalue weighted by molar-refractivity contribution is 5.97. The Balaban J connectivity index is 2.01. The standard InChI is InChI=1S/C15H14N4O2/c1-19-13-8-7-10(14(20)18-21)9-12(13)17-15(19)16-11-5-3-2-4-6-11/h2-9,21H,1H3,(H,16,17)(H,18,20). The van der Waals surface area contributed by atoms with Crippen molar-refractivity contribution in [1.82, 2.24) is 15.0 Å². The quantitative estimate of drug-likeness (QED) is 0.509. The summed E-state index contributed by atoms with van der Waals surface area (Å²) in [5, 5.41) is 11.9. The van der Waals surface area contributed by atoms with E-state index >= 15 is 0 Å². The van der Waals surface area contributed by atoms with Crippen LogP contribution in [-0.4, -0.2) is 20.7 Å². The maximum absolute atomic E-state index is 11.4. The van der Waals surface area contributed by atoms with Crippen LogP contribution in [0.25, 0.3) is 11.0 Å². The summed E-state index contributed by atoms with van der Waals surface area (Å²) < 4.78 is 1.91. The van der Waals surface area contributed by atoms with Gasteiger partial charge in [-0.3, -0.25) is 10.0 Å². The van der Waals surface area contributed by atoms with Crippen molar-refractivity contribution < 1.29 is 10.0 Å². The molecule has 0 atom stereocenters. The first-order valence-electron chi connectivity index (χ1n) is 6.42. The molecule has 0 saturated heterocycles. The van der Waals surface area contributed by atoms with Gasteiger partial charge < -0.3 is 9.88 Å². The minimum Gasteiger partial charge on any atom is -0.326 e. The lowest BCUT2D eigenvalue weighted by Crippen LogP contribution is -2.18. The molecule has 6 heteroatoms. The van der Waals surface area contributed by atoms with Crippen molar-refractivity contribution in [1.29, 1.82) is 0 Å². The van der Waals surface area contributed by atoms with Crippen LogP contribution >= 0.6 is 0 Å². The molecule has 0 spiro atoms. The molecule has 21 heavy (non-hydrogen) atoms. The number of nitrogens with zero attached hydrogens (tertiary/aromatic N) is 2. The fourth-order valence-corrected chi connectivity index (χ4v) is 2.17. The van der Waals surface area contributed by atoms with Crippen molar-refractivity contribution >= 4 is 28.6 Å². The predicted octanol–water partition coefficient (Wildman–Crippen LogP) is 2.44. The van der Waals surface area contributed by atoms with E-state index in [0.29, 0.717) is 17.0 Å². The number of rotatable bonds is 3. The van der Waals surface area contributed by atoms with Crippen LogP contribution in [0.3, 0.4) is 0 Å². The fraction of sp³-hybridized carbons (Fsp3) is 0.0667. The van der Waals surface area contributed by atoms with Gasteiger partial charge in [-0.2, -0.15) is 0 Å². The van der Waals surface area contributed by atoms with Gasteiger partial charge in [0.1, 0.15) is 0 Å². The second-order valence-electron chi connectivity index (χ2n) is 4.63. The molecule has 0 fully saturated rings. The van der Waals surface area contributed by atoms with Crippen molar-refractivity contribution in [3.05, 3.63) is 54.1 Å². The van der Waals surface area contributed by atoms with Crippen LogP contribution in [0.1, 0.15) is 10.4 Å². The molecule has 3 N–H and O–H groups in total. The Hall–Kier alpha value is -2.86. The van der Waals surface area contributed by atoms with Gasteiger partial charge in [-0.05, 0) is 30.3 Å². The number of aryl methyl sites for hydroxylation is 1. The largest absolute Gasteiger partial charge is 0.326 e. The summed E-state index contributed by atoms with van der Waals surface area (Å²) in [4.78, 5) is 15.9. The number of para-hydroxylation sites is 1. The average Bonchev–Trinajstić information content (AvgIpc) is 2.83. The van der Waals surface area contributed by atoms with Gasteiger partial charge in [0.2, 0.25) is 5.95 Å². The highest BCUT2D eigenvalue weighted by Crippen LogP contribution is 2.22. The third-order valence-corrected chi connectivity index (χ3v) is 3.27. The van der Waals surface area contributed by atoms with Gasteiger partial charge in [0.15, 0.2) is 0 Å². The third kappa shape index (κ3) is 2.44. The molecule has 0 saturated carbocycles. The first-order chi connectivity index (χ1) is 10.2. The number of aromatic nitrogens is 2. The predicted molar refractivity (Wildman–Crippen MR) is 79.7 cm³/mol. The second kappa shape index (κ2) is 5.26. The van der Waals surface area contributed by atoms with Crippen LogP contribution in [0.15, 0.2) is 48.5 Å². The molecule has 0 aliphatic carbocycles. The number of hydroxylamine groups is 1. The Morgan fingerprint density at radius 1 is 1.19 bits per heavy atom. The van der Waals surface area contributed by atoms with Crippen LogP contribution in [0.5, 0.6) is 0 Å². The molecule has 1 heterocycles. The number of imidazole rings is 1. The first-order valence-corrected chi connectivity index (χ1v) is 6.42.